The first-order valence-corrected chi connectivity index (χ1v) is 12.9. The fourth-order valence-electron chi connectivity index (χ4n) is 4.43. The van der Waals surface area contributed by atoms with Crippen LogP contribution in [0.15, 0.2) is 73.1 Å². The summed E-state index contributed by atoms with van der Waals surface area (Å²) >= 11 is 0. The molecular formula is C29H24F3N7O3. The maximum absolute atomic E-state index is 13.0. The highest BCUT2D eigenvalue weighted by Crippen LogP contribution is 2.33. The molecule has 1 aliphatic rings. The molecule has 42 heavy (non-hydrogen) atoms. The van der Waals surface area contributed by atoms with Crippen LogP contribution in [0.1, 0.15) is 23.6 Å². The van der Waals surface area contributed by atoms with Gasteiger partial charge in [-0.15, -0.1) is 0 Å². The fraction of sp³-hybridized carbons (Fsp3) is 0.172. The summed E-state index contributed by atoms with van der Waals surface area (Å²) in [5, 5.41) is 9.22. The number of fused-ring (bicyclic) bond motifs is 2. The van der Waals surface area contributed by atoms with E-state index in [1.165, 1.54) is 19.1 Å². The highest BCUT2D eigenvalue weighted by atomic mass is 19.4. The van der Waals surface area contributed by atoms with Gasteiger partial charge in [0.25, 0.3) is 0 Å². The molecule has 0 radical (unpaired) electrons. The molecule has 2 aromatic heterocycles. The lowest BCUT2D eigenvalue weighted by molar-refractivity contribution is -0.137. The predicted octanol–water partition coefficient (Wildman–Crippen LogP) is 5.94. The molecule has 0 saturated heterocycles. The molecule has 3 N–H and O–H groups in total. The highest BCUT2D eigenvalue weighted by molar-refractivity contribution is 5.89. The Hall–Kier alpha value is -5.33. The number of rotatable bonds is 8. The molecule has 0 aliphatic carbocycles. The van der Waals surface area contributed by atoms with Gasteiger partial charge in [-0.05, 0) is 59.7 Å². The van der Waals surface area contributed by atoms with Crippen LogP contribution in [0, 0.1) is 0 Å². The minimum Gasteiger partial charge on any atom is -0.454 e. The lowest BCUT2D eigenvalue weighted by Crippen LogP contribution is -2.08. The number of carbonyl (C=O) groups is 1. The molecule has 0 atom stereocenters. The zero-order chi connectivity index (χ0) is 29.3. The van der Waals surface area contributed by atoms with Gasteiger partial charge in [0.05, 0.1) is 18.4 Å². The summed E-state index contributed by atoms with van der Waals surface area (Å²) < 4.78 is 51.7. The number of anilines is 4. The van der Waals surface area contributed by atoms with Crippen LogP contribution in [0.5, 0.6) is 11.5 Å². The maximum atomic E-state index is 13.0. The molecule has 6 rings (SSSR count). The minimum atomic E-state index is -4.41. The standard InChI is InChI=1S/C29H24F3N7O3/c1-17(40)35-21-7-9-22(10-8-21)36-26-25-27(39(15-34-25)14-18-2-5-20(6-3-18)29(30,31)32)38-28(37-26)33-13-19-4-11-23-24(12-19)42-16-41-23/h2-12,15H,13-14,16H2,1H3,(H,35,40)(H2,33,36,37,38). The summed E-state index contributed by atoms with van der Waals surface area (Å²) in [5.41, 5.74) is 3.16. The molecule has 0 fully saturated rings. The normalized spacial score (nSPS) is 12.4. The number of nitrogens with one attached hydrogen (secondary N) is 3. The lowest BCUT2D eigenvalue weighted by atomic mass is 10.1. The first kappa shape index (κ1) is 26.9. The van der Waals surface area contributed by atoms with Gasteiger partial charge < -0.3 is 30.0 Å². The highest BCUT2D eigenvalue weighted by Gasteiger charge is 2.30. The summed E-state index contributed by atoms with van der Waals surface area (Å²) in [6.45, 7) is 2.25. The summed E-state index contributed by atoms with van der Waals surface area (Å²) in [5.74, 6) is 1.90. The van der Waals surface area contributed by atoms with Crippen LogP contribution in [-0.4, -0.2) is 32.2 Å². The molecule has 3 aromatic carbocycles. The average molecular weight is 576 g/mol. The van der Waals surface area contributed by atoms with Gasteiger partial charge in [-0.3, -0.25) is 4.79 Å². The van der Waals surface area contributed by atoms with Crippen molar-refractivity contribution in [2.75, 3.05) is 22.7 Å². The van der Waals surface area contributed by atoms with Crippen molar-refractivity contribution >= 4 is 40.2 Å². The Labute approximate surface area is 237 Å². The van der Waals surface area contributed by atoms with Gasteiger partial charge in [-0.2, -0.15) is 23.1 Å². The first-order chi connectivity index (χ1) is 20.2. The van der Waals surface area contributed by atoms with Crippen LogP contribution in [0.3, 0.4) is 0 Å². The van der Waals surface area contributed by atoms with Gasteiger partial charge in [0.1, 0.15) is 0 Å². The molecule has 0 saturated carbocycles. The topological polar surface area (TPSA) is 115 Å². The number of alkyl halides is 3. The van der Waals surface area contributed by atoms with Gasteiger partial charge in [-0.1, -0.05) is 18.2 Å². The Morgan fingerprint density at radius 3 is 2.38 bits per heavy atom. The number of hydrogen-bond acceptors (Lipinski definition) is 8. The zero-order valence-electron chi connectivity index (χ0n) is 22.2. The summed E-state index contributed by atoms with van der Waals surface area (Å²) in [7, 11) is 0. The van der Waals surface area contributed by atoms with Crippen molar-refractivity contribution in [3.05, 3.63) is 89.7 Å². The van der Waals surface area contributed by atoms with E-state index in [-0.39, 0.29) is 19.2 Å². The van der Waals surface area contributed by atoms with Gasteiger partial charge >= 0.3 is 6.18 Å². The van der Waals surface area contributed by atoms with Crippen molar-refractivity contribution in [3.63, 3.8) is 0 Å². The van der Waals surface area contributed by atoms with E-state index in [4.69, 9.17) is 9.47 Å². The second-order valence-electron chi connectivity index (χ2n) is 9.56. The third-order valence-corrected chi connectivity index (χ3v) is 6.45. The van der Waals surface area contributed by atoms with Gasteiger partial charge in [-0.25, -0.2) is 4.98 Å². The molecule has 0 unspecified atom stereocenters. The van der Waals surface area contributed by atoms with Crippen LogP contribution < -0.4 is 25.4 Å². The largest absolute Gasteiger partial charge is 0.454 e. The number of aromatic nitrogens is 4. The van der Waals surface area contributed by atoms with E-state index in [0.717, 1.165) is 17.7 Å². The molecular weight excluding hydrogens is 551 g/mol. The Morgan fingerprint density at radius 1 is 0.929 bits per heavy atom. The minimum absolute atomic E-state index is 0.176. The number of halogens is 3. The van der Waals surface area contributed by atoms with Gasteiger partial charge in [0, 0.05) is 24.8 Å². The number of amides is 1. The molecule has 1 amide bonds. The first-order valence-electron chi connectivity index (χ1n) is 12.9. The Morgan fingerprint density at radius 2 is 1.64 bits per heavy atom. The smallest absolute Gasteiger partial charge is 0.416 e. The van der Waals surface area contributed by atoms with Crippen LogP contribution in [0.4, 0.5) is 36.3 Å². The molecule has 3 heterocycles. The van der Waals surface area contributed by atoms with Crippen molar-refractivity contribution in [1.29, 1.82) is 0 Å². The fourth-order valence-corrected chi connectivity index (χ4v) is 4.43. The number of ether oxygens (including phenoxy) is 2. The van der Waals surface area contributed by atoms with E-state index in [2.05, 4.69) is 30.9 Å². The third-order valence-electron chi connectivity index (χ3n) is 6.45. The van der Waals surface area contributed by atoms with Crippen LogP contribution in [-0.2, 0) is 24.1 Å². The van der Waals surface area contributed by atoms with Crippen molar-refractivity contribution in [2.24, 2.45) is 0 Å². The Kier molecular flexibility index (Phi) is 6.98. The van der Waals surface area contributed by atoms with Crippen LogP contribution in [0.2, 0.25) is 0 Å². The van der Waals surface area contributed by atoms with E-state index in [1.54, 1.807) is 35.2 Å². The average Bonchev–Trinajstić information content (AvgIpc) is 3.59. The number of benzene rings is 3. The number of hydrogen-bond donors (Lipinski definition) is 3. The zero-order valence-corrected chi connectivity index (χ0v) is 22.2. The number of carbonyl (C=O) groups excluding carboxylic acids is 1. The van der Waals surface area contributed by atoms with E-state index in [1.807, 2.05) is 18.2 Å². The Bertz CT molecular complexity index is 1750. The summed E-state index contributed by atoms with van der Waals surface area (Å²) in [6.07, 6.45) is -2.84. The van der Waals surface area contributed by atoms with E-state index < -0.39 is 11.7 Å². The van der Waals surface area contributed by atoms with Crippen molar-refractivity contribution in [3.8, 4) is 11.5 Å². The molecule has 10 nitrogen and oxygen atoms in total. The third kappa shape index (κ3) is 5.89. The van der Waals surface area contributed by atoms with Crippen LogP contribution in [0.25, 0.3) is 11.2 Å². The SMILES string of the molecule is CC(=O)Nc1ccc(Nc2nc(NCc3ccc4c(c3)OCO4)nc3c2ncn3Cc2ccc(C(F)(F)F)cc2)cc1. The maximum Gasteiger partial charge on any atom is 0.416 e. The molecule has 0 spiro atoms. The lowest BCUT2D eigenvalue weighted by Gasteiger charge is -2.12. The van der Waals surface area contributed by atoms with E-state index in [9.17, 15) is 18.0 Å². The predicted molar refractivity (Wildman–Crippen MR) is 150 cm³/mol. The number of imidazole rings is 1. The van der Waals surface area contributed by atoms with Crippen molar-refractivity contribution in [1.82, 2.24) is 19.5 Å². The van der Waals surface area contributed by atoms with E-state index >= 15 is 0 Å². The second kappa shape index (κ2) is 10.9. The second-order valence-corrected chi connectivity index (χ2v) is 9.56. The summed E-state index contributed by atoms with van der Waals surface area (Å²) in [6, 6.07) is 17.7. The molecule has 214 valence electrons. The van der Waals surface area contributed by atoms with Gasteiger partial charge in [0.2, 0.25) is 18.6 Å². The molecule has 5 aromatic rings. The monoisotopic (exact) mass is 575 g/mol. The van der Waals surface area contributed by atoms with Crippen molar-refractivity contribution < 1.29 is 27.4 Å². The molecule has 13 heteroatoms. The number of nitrogens with zero attached hydrogens (tertiary/aromatic N) is 4. The summed E-state index contributed by atoms with van der Waals surface area (Å²) in [4.78, 5) is 25.2. The van der Waals surface area contributed by atoms with Gasteiger partial charge in [0.15, 0.2) is 28.5 Å². The molecule has 0 bridgehead atoms. The quantitative estimate of drug-likeness (QED) is 0.208. The molecule has 1 aliphatic heterocycles. The van der Waals surface area contributed by atoms with Crippen molar-refractivity contribution in [2.45, 2.75) is 26.2 Å². The van der Waals surface area contributed by atoms with E-state index in [0.29, 0.717) is 57.9 Å². The van der Waals surface area contributed by atoms with Crippen LogP contribution >= 0.6 is 0 Å². The Balaban J connectivity index is 1.30.